The van der Waals surface area contributed by atoms with Crippen LogP contribution >= 0.6 is 11.8 Å². The lowest BCUT2D eigenvalue weighted by molar-refractivity contribution is 0.332. The Morgan fingerprint density at radius 2 is 2.21 bits per heavy atom. The van der Waals surface area contributed by atoms with Crippen LogP contribution in [0.15, 0.2) is 18.2 Å². The molecule has 106 valence electrons. The van der Waals surface area contributed by atoms with Crippen LogP contribution in [0.3, 0.4) is 0 Å². The van der Waals surface area contributed by atoms with Crippen molar-refractivity contribution in [2.24, 2.45) is 0 Å². The average Bonchev–Trinajstić information content (AvgIpc) is 2.37. The minimum Gasteiger partial charge on any atom is -0.497 e. The fourth-order valence-electron chi connectivity index (χ4n) is 2.46. The van der Waals surface area contributed by atoms with E-state index >= 15 is 0 Å². The van der Waals surface area contributed by atoms with Gasteiger partial charge in [-0.05, 0) is 32.1 Å². The molecule has 0 bridgehead atoms. The number of halogens is 1. The van der Waals surface area contributed by atoms with Crippen LogP contribution < -0.4 is 10.1 Å². The first kappa shape index (κ1) is 14.7. The Bertz CT molecular complexity index is 429. The minimum atomic E-state index is -0.203. The van der Waals surface area contributed by atoms with Gasteiger partial charge in [-0.3, -0.25) is 0 Å². The number of thioether (sulfide) groups is 1. The van der Waals surface area contributed by atoms with Crippen molar-refractivity contribution in [1.82, 2.24) is 5.32 Å². The summed E-state index contributed by atoms with van der Waals surface area (Å²) in [5, 5.41) is 3.47. The maximum Gasteiger partial charge on any atom is 0.131 e. The molecule has 2 rings (SSSR count). The zero-order valence-electron chi connectivity index (χ0n) is 11.8. The van der Waals surface area contributed by atoms with Crippen molar-refractivity contribution in [3.8, 4) is 5.75 Å². The van der Waals surface area contributed by atoms with Gasteiger partial charge in [-0.25, -0.2) is 4.39 Å². The standard InChI is InChI=1S/C15H22FNOS/c1-11(17-10-15(19-3)7-4-8-15)13-6-5-12(18-2)9-14(13)16/h5-6,9,11,17H,4,7-8,10H2,1-3H3. The summed E-state index contributed by atoms with van der Waals surface area (Å²) in [6.07, 6.45) is 6.01. The van der Waals surface area contributed by atoms with Crippen molar-refractivity contribution in [2.45, 2.75) is 37.0 Å². The van der Waals surface area contributed by atoms with Gasteiger partial charge in [0.25, 0.3) is 0 Å². The van der Waals surface area contributed by atoms with Crippen LogP contribution in [-0.2, 0) is 0 Å². The summed E-state index contributed by atoms with van der Waals surface area (Å²) in [5.41, 5.74) is 0.705. The first-order valence-corrected chi connectivity index (χ1v) is 7.95. The molecule has 0 spiro atoms. The van der Waals surface area contributed by atoms with E-state index in [0.717, 1.165) is 6.54 Å². The highest BCUT2D eigenvalue weighted by Gasteiger charge is 2.36. The van der Waals surface area contributed by atoms with Crippen LogP contribution in [0.5, 0.6) is 5.75 Å². The lowest BCUT2D eigenvalue weighted by Crippen LogP contribution is -2.44. The van der Waals surface area contributed by atoms with Gasteiger partial charge in [0, 0.05) is 29.0 Å². The van der Waals surface area contributed by atoms with Gasteiger partial charge in [0.2, 0.25) is 0 Å². The molecule has 1 aliphatic carbocycles. The van der Waals surface area contributed by atoms with E-state index in [-0.39, 0.29) is 11.9 Å². The average molecular weight is 283 g/mol. The van der Waals surface area contributed by atoms with Crippen LogP contribution in [0.4, 0.5) is 4.39 Å². The summed E-state index contributed by atoms with van der Waals surface area (Å²) in [6, 6.07) is 5.08. The van der Waals surface area contributed by atoms with Gasteiger partial charge in [0.1, 0.15) is 11.6 Å². The van der Waals surface area contributed by atoms with E-state index in [1.165, 1.54) is 25.3 Å². The topological polar surface area (TPSA) is 21.3 Å². The van der Waals surface area contributed by atoms with Crippen molar-refractivity contribution in [1.29, 1.82) is 0 Å². The normalized spacial score (nSPS) is 18.7. The Labute approximate surface area is 119 Å². The van der Waals surface area contributed by atoms with Gasteiger partial charge in [-0.15, -0.1) is 0 Å². The third-order valence-electron chi connectivity index (χ3n) is 4.10. The SMILES string of the molecule is COc1ccc(C(C)NCC2(SC)CCC2)c(F)c1. The summed E-state index contributed by atoms with van der Waals surface area (Å²) in [5.74, 6) is 0.360. The molecule has 4 heteroatoms. The van der Waals surface area contributed by atoms with Crippen molar-refractivity contribution in [2.75, 3.05) is 19.9 Å². The first-order chi connectivity index (χ1) is 9.10. The zero-order chi connectivity index (χ0) is 13.9. The summed E-state index contributed by atoms with van der Waals surface area (Å²) in [7, 11) is 1.55. The molecule has 1 N–H and O–H groups in total. The Kier molecular flexibility index (Phi) is 4.74. The predicted molar refractivity (Wildman–Crippen MR) is 79.5 cm³/mol. The fourth-order valence-corrected chi connectivity index (χ4v) is 3.38. The predicted octanol–water partition coefficient (Wildman–Crippen LogP) is 3.77. The molecule has 1 fully saturated rings. The van der Waals surface area contributed by atoms with E-state index < -0.39 is 0 Å². The largest absolute Gasteiger partial charge is 0.497 e. The number of benzene rings is 1. The molecule has 0 aromatic heterocycles. The van der Waals surface area contributed by atoms with Crippen molar-refractivity contribution in [3.63, 3.8) is 0 Å². The molecule has 0 saturated heterocycles. The lowest BCUT2D eigenvalue weighted by Gasteiger charge is -2.41. The Morgan fingerprint density at radius 3 is 2.68 bits per heavy atom. The molecule has 1 aromatic carbocycles. The summed E-state index contributed by atoms with van der Waals surface area (Å²) in [6.45, 7) is 2.96. The van der Waals surface area contributed by atoms with Crippen molar-refractivity contribution in [3.05, 3.63) is 29.6 Å². The molecule has 1 aromatic rings. The van der Waals surface area contributed by atoms with E-state index in [4.69, 9.17) is 4.74 Å². The fraction of sp³-hybridized carbons (Fsp3) is 0.600. The number of hydrogen-bond donors (Lipinski definition) is 1. The maximum absolute atomic E-state index is 14.0. The molecule has 0 heterocycles. The quantitative estimate of drug-likeness (QED) is 0.858. The second kappa shape index (κ2) is 6.14. The molecule has 0 aliphatic heterocycles. The number of nitrogens with one attached hydrogen (secondary N) is 1. The number of ether oxygens (including phenoxy) is 1. The molecule has 1 aliphatic rings. The number of hydrogen-bond acceptors (Lipinski definition) is 3. The van der Waals surface area contributed by atoms with Gasteiger partial charge >= 0.3 is 0 Å². The van der Waals surface area contributed by atoms with Crippen LogP contribution in [0, 0.1) is 5.82 Å². The van der Waals surface area contributed by atoms with E-state index in [1.807, 2.05) is 24.8 Å². The van der Waals surface area contributed by atoms with E-state index in [9.17, 15) is 4.39 Å². The van der Waals surface area contributed by atoms with Crippen molar-refractivity contribution < 1.29 is 9.13 Å². The van der Waals surface area contributed by atoms with Crippen LogP contribution in [0.1, 0.15) is 37.8 Å². The molecule has 0 amide bonds. The number of rotatable bonds is 6. The minimum absolute atomic E-state index is 0.0236. The number of methoxy groups -OCH3 is 1. The van der Waals surface area contributed by atoms with Crippen molar-refractivity contribution >= 4 is 11.8 Å². The summed E-state index contributed by atoms with van der Waals surface area (Å²) in [4.78, 5) is 0. The second-order valence-corrected chi connectivity index (χ2v) is 6.50. The zero-order valence-corrected chi connectivity index (χ0v) is 12.6. The van der Waals surface area contributed by atoms with E-state index in [2.05, 4.69) is 11.6 Å². The molecule has 1 saturated carbocycles. The lowest BCUT2D eigenvalue weighted by atomic mass is 9.84. The highest BCUT2D eigenvalue weighted by molar-refractivity contribution is 8.00. The Hall–Kier alpha value is -0.740. The van der Waals surface area contributed by atoms with Crippen LogP contribution in [0.25, 0.3) is 0 Å². The summed E-state index contributed by atoms with van der Waals surface area (Å²) >= 11 is 1.93. The molecular weight excluding hydrogens is 261 g/mol. The van der Waals surface area contributed by atoms with Gasteiger partial charge < -0.3 is 10.1 Å². The van der Waals surface area contributed by atoms with E-state index in [0.29, 0.717) is 16.1 Å². The van der Waals surface area contributed by atoms with Gasteiger partial charge in [0.15, 0.2) is 0 Å². The van der Waals surface area contributed by atoms with Crippen LogP contribution in [0.2, 0.25) is 0 Å². The maximum atomic E-state index is 14.0. The smallest absolute Gasteiger partial charge is 0.131 e. The van der Waals surface area contributed by atoms with Gasteiger partial charge in [-0.1, -0.05) is 12.5 Å². The summed E-state index contributed by atoms with van der Waals surface area (Å²) < 4.78 is 19.4. The molecule has 1 atom stereocenters. The highest BCUT2D eigenvalue weighted by Crippen LogP contribution is 2.42. The third-order valence-corrected chi connectivity index (χ3v) is 5.52. The second-order valence-electron chi connectivity index (χ2n) is 5.23. The van der Waals surface area contributed by atoms with E-state index in [1.54, 1.807) is 13.2 Å². The Balaban J connectivity index is 1.97. The van der Waals surface area contributed by atoms with Crippen LogP contribution in [-0.4, -0.2) is 24.7 Å². The molecular formula is C15H22FNOS. The third kappa shape index (κ3) is 3.23. The first-order valence-electron chi connectivity index (χ1n) is 6.72. The molecule has 1 unspecified atom stereocenters. The van der Waals surface area contributed by atoms with Gasteiger partial charge in [0.05, 0.1) is 7.11 Å². The molecule has 19 heavy (non-hydrogen) atoms. The molecule has 0 radical (unpaired) electrons. The van der Waals surface area contributed by atoms with Gasteiger partial charge in [-0.2, -0.15) is 11.8 Å². The monoisotopic (exact) mass is 283 g/mol. The Morgan fingerprint density at radius 1 is 1.47 bits per heavy atom. The molecule has 2 nitrogen and oxygen atoms in total. The highest BCUT2D eigenvalue weighted by atomic mass is 32.2.